The number of piperazine rings is 1. The van der Waals surface area contributed by atoms with E-state index in [4.69, 9.17) is 10.3 Å². The highest BCUT2D eigenvalue weighted by Gasteiger charge is 2.21. The summed E-state index contributed by atoms with van der Waals surface area (Å²) in [6.45, 7) is 5.93. The Morgan fingerprint density at radius 1 is 1.19 bits per heavy atom. The molecule has 2 aromatic rings. The van der Waals surface area contributed by atoms with Gasteiger partial charge in [-0.25, -0.2) is 0 Å². The second kappa shape index (κ2) is 10.4. The minimum Gasteiger partial charge on any atom is -0.399 e. The summed E-state index contributed by atoms with van der Waals surface area (Å²) in [5, 5.41) is 4.03. The molecule has 2 N–H and O–H groups in total. The highest BCUT2D eigenvalue weighted by atomic mass is 35.5. The van der Waals surface area contributed by atoms with Crippen LogP contribution in [-0.4, -0.2) is 47.0 Å². The molecule has 6 nitrogen and oxygen atoms in total. The number of para-hydroxylation sites is 1. The van der Waals surface area contributed by atoms with Gasteiger partial charge in [-0.1, -0.05) is 23.4 Å². The first-order chi connectivity index (χ1) is 11.6. The van der Waals surface area contributed by atoms with Crippen molar-refractivity contribution in [1.82, 2.24) is 15.0 Å². The Bertz CT molecular complexity index is 700. The SMILES string of the molecule is Cc1cc(CN2CCN(C(=O)CCc3ccccc3N)CC2)no1.Cl.Cl. The van der Waals surface area contributed by atoms with Crippen LogP contribution in [0.4, 0.5) is 5.69 Å². The van der Waals surface area contributed by atoms with Crippen LogP contribution in [0.5, 0.6) is 0 Å². The monoisotopic (exact) mass is 400 g/mol. The Hall–Kier alpha value is -1.76. The molecule has 1 fully saturated rings. The summed E-state index contributed by atoms with van der Waals surface area (Å²) in [5.41, 5.74) is 8.69. The number of hydrogen-bond donors (Lipinski definition) is 1. The van der Waals surface area contributed by atoms with Crippen molar-refractivity contribution in [2.45, 2.75) is 26.3 Å². The summed E-state index contributed by atoms with van der Waals surface area (Å²) in [6, 6.07) is 9.70. The van der Waals surface area contributed by atoms with Gasteiger partial charge in [0.25, 0.3) is 0 Å². The van der Waals surface area contributed by atoms with Gasteiger partial charge in [0.1, 0.15) is 5.76 Å². The van der Waals surface area contributed by atoms with Gasteiger partial charge in [-0.15, -0.1) is 24.8 Å². The van der Waals surface area contributed by atoms with Gasteiger partial charge < -0.3 is 15.2 Å². The third-order valence-electron chi connectivity index (χ3n) is 4.45. The number of nitrogens with zero attached hydrogens (tertiary/aromatic N) is 3. The van der Waals surface area contributed by atoms with Gasteiger partial charge in [0.05, 0.1) is 5.69 Å². The zero-order chi connectivity index (χ0) is 16.9. The first kappa shape index (κ1) is 22.3. The maximum absolute atomic E-state index is 12.4. The zero-order valence-corrected chi connectivity index (χ0v) is 16.5. The molecule has 1 aromatic carbocycles. The van der Waals surface area contributed by atoms with E-state index in [0.29, 0.717) is 12.8 Å². The standard InChI is InChI=1S/C18H24N4O2.2ClH/c1-14-12-16(20-24-14)13-21-8-10-22(11-9-21)18(23)7-6-15-4-2-3-5-17(15)19;;/h2-5,12H,6-11,13,19H2,1H3;2*1H. The van der Waals surface area contributed by atoms with Crippen molar-refractivity contribution in [3.05, 3.63) is 47.3 Å². The molecule has 0 atom stereocenters. The zero-order valence-electron chi connectivity index (χ0n) is 14.9. The van der Waals surface area contributed by atoms with Gasteiger partial charge in [-0.05, 0) is 25.0 Å². The summed E-state index contributed by atoms with van der Waals surface area (Å²) < 4.78 is 5.10. The van der Waals surface area contributed by atoms with Crippen LogP contribution in [0.3, 0.4) is 0 Å². The predicted molar refractivity (Wildman–Crippen MR) is 107 cm³/mol. The van der Waals surface area contributed by atoms with Crippen molar-refractivity contribution in [1.29, 1.82) is 0 Å². The van der Waals surface area contributed by atoms with E-state index in [-0.39, 0.29) is 30.7 Å². The number of aromatic nitrogens is 1. The second-order valence-corrected chi connectivity index (χ2v) is 6.28. The number of carbonyl (C=O) groups is 1. The Labute approximate surface area is 166 Å². The second-order valence-electron chi connectivity index (χ2n) is 6.28. The summed E-state index contributed by atoms with van der Waals surface area (Å²) >= 11 is 0. The lowest BCUT2D eigenvalue weighted by Crippen LogP contribution is -2.48. The summed E-state index contributed by atoms with van der Waals surface area (Å²) in [6.07, 6.45) is 1.21. The minimum atomic E-state index is 0. The molecule has 0 aliphatic carbocycles. The lowest BCUT2D eigenvalue weighted by atomic mass is 10.1. The summed E-state index contributed by atoms with van der Waals surface area (Å²) in [7, 11) is 0. The van der Waals surface area contributed by atoms with Crippen molar-refractivity contribution in [2.24, 2.45) is 0 Å². The fourth-order valence-electron chi connectivity index (χ4n) is 3.04. The molecule has 1 aliphatic rings. The molecular weight excluding hydrogens is 375 g/mol. The average molecular weight is 401 g/mol. The summed E-state index contributed by atoms with van der Waals surface area (Å²) in [5.74, 6) is 1.04. The maximum atomic E-state index is 12.4. The smallest absolute Gasteiger partial charge is 0.222 e. The third-order valence-corrected chi connectivity index (χ3v) is 4.45. The highest BCUT2D eigenvalue weighted by Crippen LogP contribution is 2.14. The molecule has 144 valence electrons. The molecule has 2 heterocycles. The minimum absolute atomic E-state index is 0. The van der Waals surface area contributed by atoms with E-state index in [9.17, 15) is 4.79 Å². The molecule has 8 heteroatoms. The number of amides is 1. The van der Waals surface area contributed by atoms with E-state index in [1.807, 2.05) is 42.2 Å². The molecule has 0 spiro atoms. The largest absolute Gasteiger partial charge is 0.399 e. The maximum Gasteiger partial charge on any atom is 0.222 e. The van der Waals surface area contributed by atoms with Crippen LogP contribution in [0.25, 0.3) is 0 Å². The molecule has 1 amide bonds. The first-order valence-electron chi connectivity index (χ1n) is 8.37. The van der Waals surface area contributed by atoms with Crippen LogP contribution in [0, 0.1) is 6.92 Å². The normalized spacial score (nSPS) is 14.4. The molecular formula is C18H26Cl2N4O2. The topological polar surface area (TPSA) is 75.6 Å². The van der Waals surface area contributed by atoms with Crippen LogP contribution in [0.15, 0.2) is 34.9 Å². The van der Waals surface area contributed by atoms with E-state index in [1.165, 1.54) is 0 Å². The summed E-state index contributed by atoms with van der Waals surface area (Å²) in [4.78, 5) is 16.6. The Kier molecular flexibility index (Phi) is 8.92. The number of nitrogen functional groups attached to an aromatic ring is 1. The van der Waals surface area contributed by atoms with Crippen LogP contribution in [-0.2, 0) is 17.8 Å². The number of hydrogen-bond acceptors (Lipinski definition) is 5. The molecule has 0 unspecified atom stereocenters. The number of halogens is 2. The highest BCUT2D eigenvalue weighted by molar-refractivity contribution is 5.85. The number of benzene rings is 1. The number of rotatable bonds is 5. The number of anilines is 1. The quantitative estimate of drug-likeness (QED) is 0.780. The molecule has 1 aromatic heterocycles. The third kappa shape index (κ3) is 5.90. The van der Waals surface area contributed by atoms with Crippen molar-refractivity contribution in [3.8, 4) is 0 Å². The lowest BCUT2D eigenvalue weighted by Gasteiger charge is -2.34. The van der Waals surface area contributed by atoms with Crippen molar-refractivity contribution >= 4 is 36.4 Å². The molecule has 0 bridgehead atoms. The molecule has 26 heavy (non-hydrogen) atoms. The van der Waals surface area contributed by atoms with Crippen LogP contribution in [0.2, 0.25) is 0 Å². The lowest BCUT2D eigenvalue weighted by molar-refractivity contribution is -0.133. The molecule has 3 rings (SSSR count). The van der Waals surface area contributed by atoms with E-state index < -0.39 is 0 Å². The van der Waals surface area contributed by atoms with E-state index in [2.05, 4.69) is 10.1 Å². The van der Waals surface area contributed by atoms with Gasteiger partial charge in [0.2, 0.25) is 5.91 Å². The van der Waals surface area contributed by atoms with Gasteiger partial charge >= 0.3 is 0 Å². The number of aryl methyl sites for hydroxylation is 2. The first-order valence-corrected chi connectivity index (χ1v) is 8.37. The Morgan fingerprint density at radius 3 is 2.50 bits per heavy atom. The van der Waals surface area contributed by atoms with Crippen molar-refractivity contribution in [3.63, 3.8) is 0 Å². The van der Waals surface area contributed by atoms with Gasteiger partial charge in [0, 0.05) is 50.9 Å². The van der Waals surface area contributed by atoms with E-state index in [0.717, 1.165) is 55.4 Å². The van der Waals surface area contributed by atoms with Crippen molar-refractivity contribution < 1.29 is 9.32 Å². The van der Waals surface area contributed by atoms with Crippen LogP contribution < -0.4 is 5.73 Å². The number of carbonyl (C=O) groups excluding carboxylic acids is 1. The molecule has 0 saturated carbocycles. The van der Waals surface area contributed by atoms with Crippen LogP contribution in [0.1, 0.15) is 23.4 Å². The molecule has 1 aliphatic heterocycles. The predicted octanol–water partition coefficient (Wildman–Crippen LogP) is 2.69. The fraction of sp³-hybridized carbons (Fsp3) is 0.444. The Morgan fingerprint density at radius 2 is 1.88 bits per heavy atom. The fourth-order valence-corrected chi connectivity index (χ4v) is 3.04. The van der Waals surface area contributed by atoms with Gasteiger partial charge in [-0.2, -0.15) is 0 Å². The van der Waals surface area contributed by atoms with E-state index >= 15 is 0 Å². The average Bonchev–Trinajstić information content (AvgIpc) is 2.99. The van der Waals surface area contributed by atoms with E-state index in [1.54, 1.807) is 0 Å². The van der Waals surface area contributed by atoms with Crippen LogP contribution >= 0.6 is 24.8 Å². The van der Waals surface area contributed by atoms with Crippen molar-refractivity contribution in [2.75, 3.05) is 31.9 Å². The van der Waals surface area contributed by atoms with Gasteiger partial charge in [-0.3, -0.25) is 9.69 Å². The molecule has 1 saturated heterocycles. The van der Waals surface area contributed by atoms with Gasteiger partial charge in [0.15, 0.2) is 0 Å². The molecule has 0 radical (unpaired) electrons. The Balaban J connectivity index is 0.00000169. The number of nitrogens with two attached hydrogens (primary N) is 1.